The summed E-state index contributed by atoms with van der Waals surface area (Å²) in [6, 6.07) is 5.44. The third-order valence-corrected chi connectivity index (χ3v) is 4.90. The van der Waals surface area contributed by atoms with Crippen LogP contribution in [0.15, 0.2) is 18.2 Å². The van der Waals surface area contributed by atoms with Gasteiger partial charge < -0.3 is 15.4 Å². The Balaban J connectivity index is 1.67. The number of hydrogen-bond acceptors (Lipinski definition) is 6. The smallest absolute Gasteiger partial charge is 0.309 e. The molecular weight excluding hydrogens is 314 g/mol. The number of nitrogen functional groups attached to an aromatic ring is 1. The highest BCUT2D eigenvalue weighted by Gasteiger charge is 2.28. The van der Waals surface area contributed by atoms with Gasteiger partial charge in [0.15, 0.2) is 5.13 Å². The van der Waals surface area contributed by atoms with Crippen LogP contribution in [-0.2, 0) is 9.53 Å². The number of anilines is 1. The van der Waals surface area contributed by atoms with Crippen LogP contribution in [0.3, 0.4) is 0 Å². The zero-order valence-corrected chi connectivity index (χ0v) is 13.8. The topological polar surface area (TPSA) is 85.5 Å². The van der Waals surface area contributed by atoms with Crippen LogP contribution in [0, 0.1) is 5.92 Å². The summed E-state index contributed by atoms with van der Waals surface area (Å²) in [5.74, 6) is -0.259. The molecule has 0 bridgehead atoms. The lowest BCUT2D eigenvalue weighted by Gasteiger charge is -2.30. The number of nitrogens with two attached hydrogens (primary N) is 1. The molecule has 0 aliphatic carbocycles. The van der Waals surface area contributed by atoms with E-state index in [9.17, 15) is 9.59 Å². The number of amides is 1. The molecule has 0 spiro atoms. The minimum atomic E-state index is -0.152. The molecule has 2 N–H and O–H groups in total. The molecule has 1 aliphatic heterocycles. The highest BCUT2D eigenvalue weighted by Crippen LogP contribution is 2.26. The van der Waals surface area contributed by atoms with E-state index in [0.29, 0.717) is 43.2 Å². The molecule has 2 aromatic rings. The Morgan fingerprint density at radius 1 is 1.39 bits per heavy atom. The van der Waals surface area contributed by atoms with Gasteiger partial charge in [-0.2, -0.15) is 0 Å². The van der Waals surface area contributed by atoms with Crippen LogP contribution in [-0.4, -0.2) is 41.5 Å². The van der Waals surface area contributed by atoms with Gasteiger partial charge in [-0.1, -0.05) is 11.3 Å². The van der Waals surface area contributed by atoms with Gasteiger partial charge in [0.05, 0.1) is 22.7 Å². The molecule has 0 saturated carbocycles. The summed E-state index contributed by atoms with van der Waals surface area (Å²) in [6.45, 7) is 3.35. The third-order valence-electron chi connectivity index (χ3n) is 4.05. The van der Waals surface area contributed by atoms with Gasteiger partial charge in [-0.3, -0.25) is 9.59 Å². The minimum absolute atomic E-state index is 0.0128. The molecule has 3 rings (SSSR count). The summed E-state index contributed by atoms with van der Waals surface area (Å²) in [4.78, 5) is 30.4. The average Bonchev–Trinajstić information content (AvgIpc) is 2.93. The Bertz CT molecular complexity index is 735. The number of benzene rings is 1. The highest BCUT2D eigenvalue weighted by atomic mass is 32.1. The van der Waals surface area contributed by atoms with Gasteiger partial charge in [-0.15, -0.1) is 0 Å². The SMILES string of the molecule is CCOC(=O)C1CCN(C(=O)c2ccc3nc(N)sc3c2)CC1. The summed E-state index contributed by atoms with van der Waals surface area (Å²) in [6.07, 6.45) is 1.31. The molecule has 7 heteroatoms. The summed E-state index contributed by atoms with van der Waals surface area (Å²) in [5, 5.41) is 0.500. The molecule has 1 aromatic heterocycles. The van der Waals surface area contributed by atoms with Gasteiger partial charge >= 0.3 is 5.97 Å². The van der Waals surface area contributed by atoms with Gasteiger partial charge in [0.25, 0.3) is 5.91 Å². The van der Waals surface area contributed by atoms with Gasteiger partial charge in [0.1, 0.15) is 0 Å². The van der Waals surface area contributed by atoms with Gasteiger partial charge in [-0.25, -0.2) is 4.98 Å². The predicted molar refractivity (Wildman–Crippen MR) is 89.3 cm³/mol. The van der Waals surface area contributed by atoms with Crippen molar-refractivity contribution in [1.29, 1.82) is 0 Å². The van der Waals surface area contributed by atoms with Gasteiger partial charge in [0.2, 0.25) is 0 Å². The maximum atomic E-state index is 12.6. The zero-order valence-electron chi connectivity index (χ0n) is 12.9. The minimum Gasteiger partial charge on any atom is -0.466 e. The monoisotopic (exact) mass is 333 g/mol. The average molecular weight is 333 g/mol. The van der Waals surface area contributed by atoms with Crippen LogP contribution < -0.4 is 5.73 Å². The van der Waals surface area contributed by atoms with Crippen LogP contribution in [0.5, 0.6) is 0 Å². The number of hydrogen-bond donors (Lipinski definition) is 1. The third kappa shape index (κ3) is 3.29. The first-order chi connectivity index (χ1) is 11.1. The molecule has 23 heavy (non-hydrogen) atoms. The molecule has 0 unspecified atom stereocenters. The number of esters is 1. The van der Waals surface area contributed by atoms with Crippen LogP contribution in [0.1, 0.15) is 30.1 Å². The molecule has 1 saturated heterocycles. The summed E-state index contributed by atoms with van der Waals surface area (Å²) >= 11 is 1.37. The van der Waals surface area contributed by atoms with Gasteiger partial charge in [0, 0.05) is 18.7 Å². The maximum absolute atomic E-state index is 12.6. The normalized spacial score (nSPS) is 15.8. The first kappa shape index (κ1) is 15.7. The summed E-state index contributed by atoms with van der Waals surface area (Å²) < 4.78 is 5.96. The van der Waals surface area contributed by atoms with Crippen molar-refractivity contribution in [3.8, 4) is 0 Å². The van der Waals surface area contributed by atoms with E-state index in [1.54, 1.807) is 17.9 Å². The van der Waals surface area contributed by atoms with E-state index in [0.717, 1.165) is 10.2 Å². The number of fused-ring (bicyclic) bond motifs is 1. The Hall–Kier alpha value is -2.15. The van der Waals surface area contributed by atoms with Crippen molar-refractivity contribution in [2.24, 2.45) is 5.92 Å². The van der Waals surface area contributed by atoms with E-state index < -0.39 is 0 Å². The highest BCUT2D eigenvalue weighted by molar-refractivity contribution is 7.22. The van der Waals surface area contributed by atoms with Crippen molar-refractivity contribution < 1.29 is 14.3 Å². The van der Waals surface area contributed by atoms with E-state index in [2.05, 4.69) is 4.98 Å². The number of nitrogens with zero attached hydrogens (tertiary/aromatic N) is 2. The van der Waals surface area contributed by atoms with Crippen molar-refractivity contribution >= 4 is 38.6 Å². The number of likely N-dealkylation sites (tertiary alicyclic amines) is 1. The Labute approximate surface area is 138 Å². The van der Waals surface area contributed by atoms with E-state index in [4.69, 9.17) is 10.5 Å². The number of rotatable bonds is 3. The standard InChI is InChI=1S/C16H19N3O3S/c1-2-22-15(21)10-5-7-19(8-6-10)14(20)11-3-4-12-13(9-11)23-16(17)18-12/h3-4,9-10H,2,5-8H2,1H3,(H2,17,18). The summed E-state index contributed by atoms with van der Waals surface area (Å²) in [7, 11) is 0. The van der Waals surface area contributed by atoms with E-state index >= 15 is 0 Å². The quantitative estimate of drug-likeness (QED) is 0.871. The van der Waals surface area contributed by atoms with Crippen molar-refractivity contribution in [2.75, 3.05) is 25.4 Å². The van der Waals surface area contributed by atoms with E-state index in [-0.39, 0.29) is 17.8 Å². The van der Waals surface area contributed by atoms with Crippen LogP contribution in [0.4, 0.5) is 5.13 Å². The Morgan fingerprint density at radius 3 is 2.83 bits per heavy atom. The Kier molecular flexibility index (Phi) is 4.47. The number of thiazole rings is 1. The molecule has 0 radical (unpaired) electrons. The van der Waals surface area contributed by atoms with Crippen LogP contribution >= 0.6 is 11.3 Å². The molecule has 2 heterocycles. The van der Waals surface area contributed by atoms with Gasteiger partial charge in [-0.05, 0) is 38.0 Å². The summed E-state index contributed by atoms with van der Waals surface area (Å²) in [5.41, 5.74) is 7.14. The van der Waals surface area contributed by atoms with Crippen molar-refractivity contribution in [2.45, 2.75) is 19.8 Å². The van der Waals surface area contributed by atoms with Crippen molar-refractivity contribution in [3.05, 3.63) is 23.8 Å². The number of carbonyl (C=O) groups is 2. The predicted octanol–water partition coefficient (Wildman–Crippen LogP) is 2.29. The lowest BCUT2D eigenvalue weighted by molar-refractivity contribution is -0.149. The molecular formula is C16H19N3O3S. The lowest BCUT2D eigenvalue weighted by Crippen LogP contribution is -2.40. The lowest BCUT2D eigenvalue weighted by atomic mass is 9.96. The molecule has 1 aromatic carbocycles. The number of piperidine rings is 1. The second-order valence-electron chi connectivity index (χ2n) is 5.55. The van der Waals surface area contributed by atoms with Crippen molar-refractivity contribution in [1.82, 2.24) is 9.88 Å². The molecule has 1 fully saturated rings. The molecule has 1 aliphatic rings. The first-order valence-corrected chi connectivity index (χ1v) is 8.52. The van der Waals surface area contributed by atoms with Crippen LogP contribution in [0.2, 0.25) is 0 Å². The second-order valence-corrected chi connectivity index (χ2v) is 6.62. The molecule has 6 nitrogen and oxygen atoms in total. The fraction of sp³-hybridized carbons (Fsp3) is 0.438. The Morgan fingerprint density at radius 2 is 2.13 bits per heavy atom. The van der Waals surface area contributed by atoms with Crippen molar-refractivity contribution in [3.63, 3.8) is 0 Å². The number of ether oxygens (including phenoxy) is 1. The van der Waals surface area contributed by atoms with E-state index in [1.807, 2.05) is 12.1 Å². The number of carbonyl (C=O) groups excluding carboxylic acids is 2. The fourth-order valence-electron chi connectivity index (χ4n) is 2.84. The molecule has 1 amide bonds. The fourth-order valence-corrected chi connectivity index (χ4v) is 3.61. The largest absolute Gasteiger partial charge is 0.466 e. The van der Waals surface area contributed by atoms with E-state index in [1.165, 1.54) is 11.3 Å². The van der Waals surface area contributed by atoms with Crippen LogP contribution in [0.25, 0.3) is 10.2 Å². The zero-order chi connectivity index (χ0) is 16.4. The molecule has 0 atom stereocenters. The second kappa shape index (κ2) is 6.54. The molecule has 122 valence electrons. The first-order valence-electron chi connectivity index (χ1n) is 7.70. The number of aromatic nitrogens is 1. The maximum Gasteiger partial charge on any atom is 0.309 e.